The molecule has 0 radical (unpaired) electrons. The molecule has 0 N–H and O–H groups in total. The summed E-state index contributed by atoms with van der Waals surface area (Å²) in [4.78, 5) is 11.0. The van der Waals surface area contributed by atoms with E-state index >= 15 is 0 Å². The van der Waals surface area contributed by atoms with Gasteiger partial charge >= 0.3 is 0 Å². The first-order chi connectivity index (χ1) is 5.24. The van der Waals surface area contributed by atoms with Gasteiger partial charge < -0.3 is 0 Å². The Hall–Kier alpha value is -1.56. The van der Waals surface area contributed by atoms with E-state index in [2.05, 4.69) is 11.0 Å². The predicted octanol–water partition coefficient (Wildman–Crippen LogP) is 0.185. The summed E-state index contributed by atoms with van der Waals surface area (Å²) in [5.74, 6) is 2.34. The van der Waals surface area contributed by atoms with Crippen LogP contribution in [0.15, 0.2) is 17.1 Å². The van der Waals surface area contributed by atoms with Crippen molar-refractivity contribution in [3.05, 3.63) is 28.2 Å². The number of aryl methyl sites for hydroxylation is 1. The molecule has 0 aliphatic rings. The van der Waals surface area contributed by atoms with Gasteiger partial charge in [0.2, 0.25) is 0 Å². The zero-order valence-electron chi connectivity index (χ0n) is 6.24. The van der Waals surface area contributed by atoms with Crippen LogP contribution in [0.25, 0.3) is 0 Å². The van der Waals surface area contributed by atoms with Gasteiger partial charge in [-0.3, -0.25) is 4.79 Å². The molecule has 0 atom stereocenters. The summed E-state index contributed by atoms with van der Waals surface area (Å²) in [5, 5.41) is 3.83. The molecule has 0 unspecified atom stereocenters. The molecule has 0 saturated heterocycles. The lowest BCUT2D eigenvalue weighted by Gasteiger charge is -1.97. The Kier molecular flexibility index (Phi) is 2.07. The average Bonchev–Trinajstić information content (AvgIpc) is 1.95. The summed E-state index contributed by atoms with van der Waals surface area (Å²) in [6.45, 7) is 2.05. The van der Waals surface area contributed by atoms with Gasteiger partial charge in [-0.1, -0.05) is 5.92 Å². The van der Waals surface area contributed by atoms with Gasteiger partial charge in [-0.2, -0.15) is 5.10 Å². The topological polar surface area (TPSA) is 34.9 Å². The van der Waals surface area contributed by atoms with Crippen molar-refractivity contribution in [3.8, 4) is 12.3 Å². The van der Waals surface area contributed by atoms with Crippen molar-refractivity contribution < 1.29 is 0 Å². The van der Waals surface area contributed by atoms with E-state index in [-0.39, 0.29) is 12.1 Å². The van der Waals surface area contributed by atoms with Crippen molar-refractivity contribution in [2.45, 2.75) is 13.5 Å². The Morgan fingerprint density at radius 2 is 2.55 bits per heavy atom. The fourth-order valence-electron chi connectivity index (χ4n) is 0.729. The molecule has 0 aliphatic carbocycles. The SMILES string of the molecule is C#CCn1ncc(C)cc1=O. The third-order valence-corrected chi connectivity index (χ3v) is 1.25. The van der Waals surface area contributed by atoms with Crippen molar-refractivity contribution in [1.82, 2.24) is 9.78 Å². The first-order valence-corrected chi connectivity index (χ1v) is 3.21. The molecule has 0 bridgehead atoms. The normalized spacial score (nSPS) is 9.09. The Labute approximate surface area is 64.7 Å². The number of aromatic nitrogens is 2. The van der Waals surface area contributed by atoms with Crippen LogP contribution in [0.2, 0.25) is 0 Å². The van der Waals surface area contributed by atoms with Crippen LogP contribution in [-0.2, 0) is 6.54 Å². The lowest BCUT2D eigenvalue weighted by Crippen LogP contribution is -2.21. The van der Waals surface area contributed by atoms with Gasteiger partial charge in [0.05, 0.1) is 6.20 Å². The highest BCUT2D eigenvalue weighted by Gasteiger charge is 1.93. The van der Waals surface area contributed by atoms with Gasteiger partial charge in [0.15, 0.2) is 0 Å². The van der Waals surface area contributed by atoms with Crippen LogP contribution in [0.5, 0.6) is 0 Å². The monoisotopic (exact) mass is 148 g/mol. The van der Waals surface area contributed by atoms with Crippen molar-refractivity contribution >= 4 is 0 Å². The highest BCUT2D eigenvalue weighted by atomic mass is 16.1. The zero-order valence-corrected chi connectivity index (χ0v) is 6.24. The van der Waals surface area contributed by atoms with E-state index in [1.165, 1.54) is 10.7 Å². The molecular weight excluding hydrogens is 140 g/mol. The van der Waals surface area contributed by atoms with Gasteiger partial charge in [-0.25, -0.2) is 4.68 Å². The zero-order chi connectivity index (χ0) is 8.27. The number of terminal acetylenes is 1. The smallest absolute Gasteiger partial charge is 0.267 e. The molecule has 1 aromatic rings. The second-order valence-electron chi connectivity index (χ2n) is 2.23. The Bertz CT molecular complexity index is 346. The summed E-state index contributed by atoms with van der Waals surface area (Å²) in [6, 6.07) is 1.50. The maximum Gasteiger partial charge on any atom is 0.267 e. The van der Waals surface area contributed by atoms with Crippen molar-refractivity contribution in [3.63, 3.8) is 0 Å². The molecule has 0 aliphatic heterocycles. The Morgan fingerprint density at radius 1 is 1.82 bits per heavy atom. The number of hydrogen-bond donors (Lipinski definition) is 0. The van der Waals surface area contributed by atoms with E-state index in [0.29, 0.717) is 0 Å². The van der Waals surface area contributed by atoms with Gasteiger partial charge in [-0.15, -0.1) is 6.42 Å². The van der Waals surface area contributed by atoms with Crippen LogP contribution in [0.1, 0.15) is 5.56 Å². The van der Waals surface area contributed by atoms with Crippen LogP contribution in [-0.4, -0.2) is 9.78 Å². The lowest BCUT2D eigenvalue weighted by molar-refractivity contribution is 0.659. The maximum absolute atomic E-state index is 11.0. The third-order valence-electron chi connectivity index (χ3n) is 1.25. The molecule has 0 amide bonds. The molecule has 11 heavy (non-hydrogen) atoms. The molecule has 1 heterocycles. The maximum atomic E-state index is 11.0. The summed E-state index contributed by atoms with van der Waals surface area (Å²) in [5.41, 5.74) is 0.700. The highest BCUT2D eigenvalue weighted by Crippen LogP contribution is 1.85. The van der Waals surface area contributed by atoms with E-state index in [1.54, 1.807) is 6.20 Å². The molecule has 1 rings (SSSR count). The second kappa shape index (κ2) is 3.02. The molecule has 0 fully saturated rings. The minimum Gasteiger partial charge on any atom is -0.268 e. The van der Waals surface area contributed by atoms with Crippen molar-refractivity contribution in [2.24, 2.45) is 0 Å². The fraction of sp³-hybridized carbons (Fsp3) is 0.250. The van der Waals surface area contributed by atoms with E-state index in [4.69, 9.17) is 6.42 Å². The minimum atomic E-state index is -0.150. The van der Waals surface area contributed by atoms with Crippen LogP contribution in [0.3, 0.4) is 0 Å². The summed E-state index contributed by atoms with van der Waals surface area (Å²) >= 11 is 0. The van der Waals surface area contributed by atoms with Crippen LogP contribution < -0.4 is 5.56 Å². The van der Waals surface area contributed by atoms with Gasteiger partial charge in [0, 0.05) is 6.07 Å². The molecule has 0 spiro atoms. The molecule has 1 aromatic heterocycles. The third kappa shape index (κ3) is 1.68. The Balaban J connectivity index is 3.12. The molecular formula is C8H8N2O. The first kappa shape index (κ1) is 7.55. The van der Waals surface area contributed by atoms with Crippen molar-refractivity contribution in [2.75, 3.05) is 0 Å². The van der Waals surface area contributed by atoms with Crippen LogP contribution >= 0.6 is 0 Å². The molecule has 0 aromatic carbocycles. The fourth-order valence-corrected chi connectivity index (χ4v) is 0.729. The minimum absolute atomic E-state index is 0.150. The highest BCUT2D eigenvalue weighted by molar-refractivity contribution is 5.03. The number of rotatable bonds is 1. The lowest BCUT2D eigenvalue weighted by atomic mass is 10.3. The summed E-state index contributed by atoms with van der Waals surface area (Å²) in [6.07, 6.45) is 6.63. The first-order valence-electron chi connectivity index (χ1n) is 3.21. The summed E-state index contributed by atoms with van der Waals surface area (Å²) in [7, 11) is 0. The molecule has 0 saturated carbocycles. The Morgan fingerprint density at radius 3 is 3.09 bits per heavy atom. The number of nitrogens with zero attached hydrogens (tertiary/aromatic N) is 2. The van der Waals surface area contributed by atoms with Gasteiger partial charge in [0.1, 0.15) is 6.54 Å². The molecule has 3 heteroatoms. The van der Waals surface area contributed by atoms with Gasteiger partial charge in [0.25, 0.3) is 5.56 Å². The van der Waals surface area contributed by atoms with Gasteiger partial charge in [-0.05, 0) is 12.5 Å². The van der Waals surface area contributed by atoms with Crippen LogP contribution in [0, 0.1) is 19.3 Å². The summed E-state index contributed by atoms with van der Waals surface area (Å²) < 4.78 is 1.24. The van der Waals surface area contributed by atoms with E-state index in [1.807, 2.05) is 6.92 Å². The quantitative estimate of drug-likeness (QED) is 0.533. The van der Waals surface area contributed by atoms with E-state index in [9.17, 15) is 4.79 Å². The van der Waals surface area contributed by atoms with Crippen molar-refractivity contribution in [1.29, 1.82) is 0 Å². The average molecular weight is 148 g/mol. The number of hydrogen-bond acceptors (Lipinski definition) is 2. The van der Waals surface area contributed by atoms with Crippen LogP contribution in [0.4, 0.5) is 0 Å². The predicted molar refractivity (Wildman–Crippen MR) is 42.1 cm³/mol. The molecule has 56 valence electrons. The largest absolute Gasteiger partial charge is 0.268 e. The van der Waals surface area contributed by atoms with E-state index < -0.39 is 0 Å². The standard InChI is InChI=1S/C8H8N2O/c1-3-4-10-8(11)5-7(2)6-9-10/h1,5-6H,4H2,2H3. The second-order valence-corrected chi connectivity index (χ2v) is 2.23. The van der Waals surface area contributed by atoms with E-state index in [0.717, 1.165) is 5.56 Å². The molecule has 3 nitrogen and oxygen atoms in total.